The fraction of sp³-hybridized carbons (Fsp3) is 0.545. The maximum absolute atomic E-state index is 12.9. The van der Waals surface area contributed by atoms with E-state index in [0.717, 1.165) is 19.2 Å². The first-order valence-corrected chi connectivity index (χ1v) is 4.95. The molecule has 0 aliphatic carbocycles. The molecular formula is C11H14F3NO. The zero-order valence-corrected chi connectivity index (χ0v) is 9.43. The predicted molar refractivity (Wildman–Crippen MR) is 54.4 cm³/mol. The molecule has 0 fully saturated rings. The number of aromatic nitrogens is 1. The molecule has 1 heterocycles. The smallest absolute Gasteiger partial charge is 0.278 e. The number of hydrogen-bond acceptors (Lipinski definition) is 2. The average molecular weight is 233 g/mol. The van der Waals surface area contributed by atoms with Crippen molar-refractivity contribution in [3.05, 3.63) is 23.8 Å². The molecule has 0 bridgehead atoms. The molecule has 1 rings (SSSR count). The Labute approximate surface area is 92.5 Å². The molecule has 0 amide bonds. The number of rotatable bonds is 4. The highest BCUT2D eigenvalue weighted by Gasteiger charge is 2.23. The van der Waals surface area contributed by atoms with Crippen molar-refractivity contribution < 1.29 is 17.9 Å². The quantitative estimate of drug-likeness (QED) is 0.795. The van der Waals surface area contributed by atoms with Gasteiger partial charge in [-0.15, -0.1) is 0 Å². The number of nitrogens with zero attached hydrogens (tertiary/aromatic N) is 1. The average Bonchev–Trinajstić information content (AvgIpc) is 2.13. The SMILES string of the molecule is CC(C)c1ncc(F)cc1OCC(C)(F)F. The largest absolute Gasteiger partial charge is 0.485 e. The van der Waals surface area contributed by atoms with Crippen molar-refractivity contribution >= 4 is 0 Å². The van der Waals surface area contributed by atoms with Gasteiger partial charge in [0.25, 0.3) is 5.92 Å². The molecule has 0 radical (unpaired) electrons. The van der Waals surface area contributed by atoms with Gasteiger partial charge in [0.15, 0.2) is 6.61 Å². The summed E-state index contributed by atoms with van der Waals surface area (Å²) in [5.41, 5.74) is 0.477. The lowest BCUT2D eigenvalue weighted by Gasteiger charge is -2.15. The Morgan fingerprint density at radius 1 is 1.44 bits per heavy atom. The van der Waals surface area contributed by atoms with E-state index >= 15 is 0 Å². The summed E-state index contributed by atoms with van der Waals surface area (Å²) in [7, 11) is 0. The van der Waals surface area contributed by atoms with Crippen LogP contribution in [0, 0.1) is 5.82 Å². The van der Waals surface area contributed by atoms with E-state index in [1.807, 2.05) is 13.8 Å². The fourth-order valence-corrected chi connectivity index (χ4v) is 1.18. The van der Waals surface area contributed by atoms with E-state index in [1.165, 1.54) is 0 Å². The second kappa shape index (κ2) is 4.72. The molecule has 0 unspecified atom stereocenters. The first-order valence-electron chi connectivity index (χ1n) is 4.95. The molecule has 0 aliphatic heterocycles. The highest BCUT2D eigenvalue weighted by molar-refractivity contribution is 5.30. The third kappa shape index (κ3) is 3.72. The van der Waals surface area contributed by atoms with E-state index in [-0.39, 0.29) is 11.7 Å². The fourth-order valence-electron chi connectivity index (χ4n) is 1.18. The Morgan fingerprint density at radius 3 is 2.56 bits per heavy atom. The van der Waals surface area contributed by atoms with Crippen LogP contribution in [-0.2, 0) is 0 Å². The number of alkyl halides is 2. The molecule has 0 aromatic carbocycles. The summed E-state index contributed by atoms with van der Waals surface area (Å²) in [5.74, 6) is -3.47. The van der Waals surface area contributed by atoms with E-state index in [0.29, 0.717) is 5.69 Å². The third-order valence-electron chi connectivity index (χ3n) is 1.88. The molecule has 5 heteroatoms. The molecule has 1 aromatic heterocycles. The van der Waals surface area contributed by atoms with Gasteiger partial charge in [0.2, 0.25) is 0 Å². The van der Waals surface area contributed by atoms with Crippen molar-refractivity contribution in [2.75, 3.05) is 6.61 Å². The molecule has 0 spiro atoms. The molecule has 0 atom stereocenters. The van der Waals surface area contributed by atoms with Gasteiger partial charge in [-0.25, -0.2) is 13.2 Å². The summed E-state index contributed by atoms with van der Waals surface area (Å²) in [6.07, 6.45) is 1.05. The van der Waals surface area contributed by atoms with Crippen molar-refractivity contribution in [2.45, 2.75) is 32.6 Å². The number of halogens is 3. The van der Waals surface area contributed by atoms with Crippen molar-refractivity contribution in [1.82, 2.24) is 4.98 Å². The van der Waals surface area contributed by atoms with Crippen LogP contribution in [0.1, 0.15) is 32.4 Å². The van der Waals surface area contributed by atoms with Crippen LogP contribution in [0.4, 0.5) is 13.2 Å². The van der Waals surface area contributed by atoms with Crippen LogP contribution in [0.3, 0.4) is 0 Å². The maximum Gasteiger partial charge on any atom is 0.278 e. The summed E-state index contributed by atoms with van der Waals surface area (Å²) in [6, 6.07) is 1.08. The van der Waals surface area contributed by atoms with E-state index in [2.05, 4.69) is 4.98 Å². The minimum absolute atomic E-state index is 0.0129. The Bertz CT molecular complexity index is 361. The van der Waals surface area contributed by atoms with Gasteiger partial charge < -0.3 is 4.74 Å². The van der Waals surface area contributed by atoms with Crippen molar-refractivity contribution in [1.29, 1.82) is 0 Å². The molecule has 0 N–H and O–H groups in total. The molecule has 16 heavy (non-hydrogen) atoms. The lowest BCUT2D eigenvalue weighted by molar-refractivity contribution is -0.0234. The Hall–Kier alpha value is -1.26. The van der Waals surface area contributed by atoms with Gasteiger partial charge >= 0.3 is 0 Å². The van der Waals surface area contributed by atoms with Crippen LogP contribution in [0.2, 0.25) is 0 Å². The standard InChI is InChI=1S/C11H14F3NO/c1-7(2)10-9(4-8(12)5-15-10)16-6-11(3,13)14/h4-5,7H,6H2,1-3H3. The Balaban J connectivity index is 2.88. The number of pyridine rings is 1. The molecular weight excluding hydrogens is 219 g/mol. The normalized spacial score (nSPS) is 11.9. The second-order valence-electron chi connectivity index (χ2n) is 4.05. The summed E-state index contributed by atoms with van der Waals surface area (Å²) >= 11 is 0. The first-order chi connectivity index (χ1) is 7.29. The predicted octanol–water partition coefficient (Wildman–Crippen LogP) is 3.38. The van der Waals surface area contributed by atoms with Crippen LogP contribution in [0.5, 0.6) is 5.75 Å². The first kappa shape index (κ1) is 12.8. The topological polar surface area (TPSA) is 22.1 Å². The summed E-state index contributed by atoms with van der Waals surface area (Å²) in [4.78, 5) is 3.83. The summed E-state index contributed by atoms with van der Waals surface area (Å²) < 4.78 is 43.0. The van der Waals surface area contributed by atoms with Gasteiger partial charge in [-0.3, -0.25) is 4.98 Å². The van der Waals surface area contributed by atoms with Gasteiger partial charge in [0.05, 0.1) is 11.9 Å². The van der Waals surface area contributed by atoms with Crippen LogP contribution in [0.15, 0.2) is 12.3 Å². The zero-order valence-electron chi connectivity index (χ0n) is 9.43. The Morgan fingerprint density at radius 2 is 2.06 bits per heavy atom. The minimum Gasteiger partial charge on any atom is -0.485 e. The van der Waals surface area contributed by atoms with Gasteiger partial charge in [0, 0.05) is 13.0 Å². The van der Waals surface area contributed by atoms with Crippen LogP contribution < -0.4 is 4.74 Å². The third-order valence-corrected chi connectivity index (χ3v) is 1.88. The summed E-state index contributed by atoms with van der Waals surface area (Å²) in [5, 5.41) is 0. The lowest BCUT2D eigenvalue weighted by atomic mass is 10.1. The number of hydrogen-bond donors (Lipinski definition) is 0. The highest BCUT2D eigenvalue weighted by atomic mass is 19.3. The van der Waals surface area contributed by atoms with Crippen molar-refractivity contribution in [2.24, 2.45) is 0 Å². The monoisotopic (exact) mass is 233 g/mol. The van der Waals surface area contributed by atoms with Gasteiger partial charge in [-0.1, -0.05) is 13.8 Å². The second-order valence-corrected chi connectivity index (χ2v) is 4.05. The van der Waals surface area contributed by atoms with Crippen molar-refractivity contribution in [3.8, 4) is 5.75 Å². The van der Waals surface area contributed by atoms with E-state index in [1.54, 1.807) is 0 Å². The van der Waals surface area contributed by atoms with E-state index in [4.69, 9.17) is 4.74 Å². The molecule has 2 nitrogen and oxygen atoms in total. The molecule has 0 saturated carbocycles. The molecule has 90 valence electrons. The summed E-state index contributed by atoms with van der Waals surface area (Å²) in [6.45, 7) is 3.63. The number of ether oxygens (including phenoxy) is 1. The van der Waals surface area contributed by atoms with Crippen LogP contribution in [0.25, 0.3) is 0 Å². The molecule has 1 aromatic rings. The molecule has 0 aliphatic rings. The van der Waals surface area contributed by atoms with Crippen LogP contribution in [-0.4, -0.2) is 17.5 Å². The lowest BCUT2D eigenvalue weighted by Crippen LogP contribution is -2.21. The highest BCUT2D eigenvalue weighted by Crippen LogP contribution is 2.26. The van der Waals surface area contributed by atoms with Gasteiger partial charge in [-0.2, -0.15) is 0 Å². The minimum atomic E-state index is -2.94. The van der Waals surface area contributed by atoms with E-state index in [9.17, 15) is 13.2 Å². The maximum atomic E-state index is 12.9. The zero-order chi connectivity index (χ0) is 12.3. The van der Waals surface area contributed by atoms with Crippen LogP contribution >= 0.6 is 0 Å². The van der Waals surface area contributed by atoms with Gasteiger partial charge in [-0.05, 0) is 5.92 Å². The van der Waals surface area contributed by atoms with Crippen molar-refractivity contribution in [3.63, 3.8) is 0 Å². The van der Waals surface area contributed by atoms with E-state index < -0.39 is 18.3 Å². The van der Waals surface area contributed by atoms with Gasteiger partial charge in [0.1, 0.15) is 11.6 Å². The Kier molecular flexibility index (Phi) is 3.78. The molecule has 0 saturated heterocycles.